The molecule has 0 saturated heterocycles. The van der Waals surface area contributed by atoms with Crippen molar-refractivity contribution >= 4 is 0 Å². The van der Waals surface area contributed by atoms with Gasteiger partial charge in [-0.1, -0.05) is 19.4 Å². The van der Waals surface area contributed by atoms with E-state index in [0.717, 1.165) is 25.2 Å². The van der Waals surface area contributed by atoms with Crippen molar-refractivity contribution in [2.75, 3.05) is 6.61 Å². The van der Waals surface area contributed by atoms with E-state index in [4.69, 9.17) is 4.74 Å². The lowest BCUT2D eigenvalue weighted by atomic mass is 10.3. The third kappa shape index (κ3) is 3.08. The van der Waals surface area contributed by atoms with E-state index < -0.39 is 0 Å². The maximum Gasteiger partial charge on any atom is 0.127 e. The Morgan fingerprint density at radius 3 is 3.00 bits per heavy atom. The second kappa shape index (κ2) is 4.78. The monoisotopic (exact) mass is 148 g/mol. The summed E-state index contributed by atoms with van der Waals surface area (Å²) in [6.45, 7) is 2.93. The molecule has 0 aliphatic heterocycles. The van der Waals surface area contributed by atoms with Crippen LogP contribution >= 0.6 is 0 Å². The number of unbranched alkanes of at least 4 members (excludes halogenated alkanes) is 1. The first kappa shape index (κ1) is 8.12. The van der Waals surface area contributed by atoms with Crippen molar-refractivity contribution in [3.8, 4) is 5.75 Å². The van der Waals surface area contributed by atoms with E-state index in [1.54, 1.807) is 12.1 Å². The smallest absolute Gasteiger partial charge is 0.127 e. The van der Waals surface area contributed by atoms with E-state index in [2.05, 4.69) is 19.1 Å². The molecule has 0 aromatic heterocycles. The van der Waals surface area contributed by atoms with Gasteiger partial charge in [-0.2, -0.15) is 0 Å². The minimum atomic E-state index is 0.783. The summed E-state index contributed by atoms with van der Waals surface area (Å²) in [6.07, 6.45) is 2.26. The highest BCUT2D eigenvalue weighted by Crippen LogP contribution is 2.06. The van der Waals surface area contributed by atoms with Crippen molar-refractivity contribution in [1.29, 1.82) is 0 Å². The predicted molar refractivity (Wildman–Crippen MR) is 44.5 cm³/mol. The third-order valence-corrected chi connectivity index (χ3v) is 1.38. The Hall–Kier alpha value is -0.980. The predicted octanol–water partition coefficient (Wildman–Crippen LogP) is 2.47. The zero-order valence-corrected chi connectivity index (χ0v) is 6.76. The molecular formula is C10H12O. The zero-order valence-electron chi connectivity index (χ0n) is 6.76. The molecule has 0 atom stereocenters. The van der Waals surface area contributed by atoms with Gasteiger partial charge < -0.3 is 4.74 Å². The quantitative estimate of drug-likeness (QED) is 0.596. The Bertz CT molecular complexity index is 181. The first-order valence-corrected chi connectivity index (χ1v) is 3.94. The molecule has 0 unspecified atom stereocenters. The first-order valence-electron chi connectivity index (χ1n) is 3.94. The van der Waals surface area contributed by atoms with Crippen LogP contribution in [0.25, 0.3) is 0 Å². The summed E-state index contributed by atoms with van der Waals surface area (Å²) in [5, 5.41) is 0. The average molecular weight is 148 g/mol. The van der Waals surface area contributed by atoms with Crippen LogP contribution < -0.4 is 4.74 Å². The fraction of sp³-hybridized carbons (Fsp3) is 0.400. The van der Waals surface area contributed by atoms with Crippen LogP contribution in [0.5, 0.6) is 5.75 Å². The van der Waals surface area contributed by atoms with Gasteiger partial charge in [0.15, 0.2) is 0 Å². The van der Waals surface area contributed by atoms with E-state index >= 15 is 0 Å². The molecule has 0 N–H and O–H groups in total. The van der Waals surface area contributed by atoms with Crippen LogP contribution in [0.4, 0.5) is 0 Å². The number of hydrogen-bond acceptors (Lipinski definition) is 1. The maximum absolute atomic E-state index is 5.36. The van der Waals surface area contributed by atoms with Gasteiger partial charge in [-0.05, 0) is 24.6 Å². The van der Waals surface area contributed by atoms with Crippen LogP contribution in [0.1, 0.15) is 19.8 Å². The topological polar surface area (TPSA) is 9.23 Å². The molecule has 1 rings (SSSR count). The van der Waals surface area contributed by atoms with E-state index in [0.29, 0.717) is 0 Å². The molecule has 0 fully saturated rings. The van der Waals surface area contributed by atoms with Crippen molar-refractivity contribution in [2.24, 2.45) is 0 Å². The molecule has 2 radical (unpaired) electrons. The van der Waals surface area contributed by atoms with E-state index in [1.165, 1.54) is 0 Å². The van der Waals surface area contributed by atoms with Gasteiger partial charge in [0.2, 0.25) is 0 Å². The molecule has 11 heavy (non-hydrogen) atoms. The van der Waals surface area contributed by atoms with Gasteiger partial charge in [0, 0.05) is 6.07 Å². The Kier molecular flexibility index (Phi) is 3.53. The van der Waals surface area contributed by atoms with Gasteiger partial charge in [0.05, 0.1) is 6.61 Å². The Morgan fingerprint density at radius 1 is 1.45 bits per heavy atom. The minimum absolute atomic E-state index is 0.783. The summed E-state index contributed by atoms with van der Waals surface area (Å²) in [4.78, 5) is 0. The number of rotatable bonds is 4. The standard InChI is InChI=1S/C10H12O/c1-2-3-9-11-10-7-5-4-6-8-10/h4-5,8H,2-3,9H2,1H3. The fourth-order valence-electron chi connectivity index (χ4n) is 0.747. The van der Waals surface area contributed by atoms with Crippen LogP contribution in [0.15, 0.2) is 18.2 Å². The summed E-state index contributed by atoms with van der Waals surface area (Å²) in [6, 6.07) is 11.3. The molecule has 0 aliphatic carbocycles. The first-order chi connectivity index (χ1) is 5.43. The summed E-state index contributed by atoms with van der Waals surface area (Å²) in [5.41, 5.74) is 0. The average Bonchev–Trinajstić information content (AvgIpc) is 2.07. The molecule has 0 amide bonds. The van der Waals surface area contributed by atoms with Gasteiger partial charge in [-0.3, -0.25) is 0 Å². The number of hydrogen-bond donors (Lipinski definition) is 0. The van der Waals surface area contributed by atoms with Crippen LogP contribution in [-0.2, 0) is 0 Å². The molecule has 0 bridgehead atoms. The lowest BCUT2D eigenvalue weighted by Crippen LogP contribution is -1.95. The van der Waals surface area contributed by atoms with Crippen molar-refractivity contribution in [2.45, 2.75) is 19.8 Å². The van der Waals surface area contributed by atoms with Gasteiger partial charge in [-0.15, -0.1) is 0 Å². The molecule has 1 heteroatoms. The fourth-order valence-corrected chi connectivity index (χ4v) is 0.747. The Morgan fingerprint density at radius 2 is 2.36 bits per heavy atom. The van der Waals surface area contributed by atoms with E-state index in [9.17, 15) is 0 Å². The normalized spacial score (nSPS) is 9.55. The molecule has 58 valence electrons. The van der Waals surface area contributed by atoms with Gasteiger partial charge in [0.25, 0.3) is 0 Å². The third-order valence-electron chi connectivity index (χ3n) is 1.38. The molecule has 0 spiro atoms. The summed E-state index contributed by atoms with van der Waals surface area (Å²) >= 11 is 0. The molecule has 1 aromatic carbocycles. The second-order valence-corrected chi connectivity index (χ2v) is 2.35. The van der Waals surface area contributed by atoms with E-state index in [-0.39, 0.29) is 0 Å². The highest BCUT2D eigenvalue weighted by Gasteiger charge is 1.89. The van der Waals surface area contributed by atoms with Gasteiger partial charge >= 0.3 is 0 Å². The summed E-state index contributed by atoms with van der Waals surface area (Å²) < 4.78 is 5.36. The largest absolute Gasteiger partial charge is 0.493 e. The van der Waals surface area contributed by atoms with Crippen LogP contribution in [0.3, 0.4) is 0 Å². The zero-order chi connectivity index (χ0) is 7.94. The molecule has 1 aromatic rings. The van der Waals surface area contributed by atoms with Crippen molar-refractivity contribution in [3.63, 3.8) is 0 Å². The highest BCUT2D eigenvalue weighted by atomic mass is 16.5. The minimum Gasteiger partial charge on any atom is -0.493 e. The lowest BCUT2D eigenvalue weighted by Gasteiger charge is -2.02. The van der Waals surface area contributed by atoms with Crippen LogP contribution in [0, 0.1) is 12.1 Å². The van der Waals surface area contributed by atoms with E-state index in [1.807, 2.05) is 6.07 Å². The Balaban J connectivity index is 2.28. The lowest BCUT2D eigenvalue weighted by molar-refractivity contribution is 0.308. The summed E-state index contributed by atoms with van der Waals surface area (Å²) in [7, 11) is 0. The highest BCUT2D eigenvalue weighted by molar-refractivity contribution is 5.18. The summed E-state index contributed by atoms with van der Waals surface area (Å²) in [5.74, 6) is 0.793. The van der Waals surface area contributed by atoms with Crippen molar-refractivity contribution in [3.05, 3.63) is 30.3 Å². The molecule has 0 aliphatic rings. The molecule has 1 nitrogen and oxygen atoms in total. The van der Waals surface area contributed by atoms with Crippen LogP contribution in [0.2, 0.25) is 0 Å². The van der Waals surface area contributed by atoms with Crippen molar-refractivity contribution < 1.29 is 4.74 Å². The SMILES string of the molecule is CCCCOc1[c]cc[c]c1. The molecule has 0 saturated carbocycles. The maximum atomic E-state index is 5.36. The second-order valence-electron chi connectivity index (χ2n) is 2.35. The van der Waals surface area contributed by atoms with Gasteiger partial charge in [-0.25, -0.2) is 0 Å². The van der Waals surface area contributed by atoms with Gasteiger partial charge in [0.1, 0.15) is 5.75 Å². The molecular weight excluding hydrogens is 136 g/mol. The van der Waals surface area contributed by atoms with Crippen molar-refractivity contribution in [1.82, 2.24) is 0 Å². The number of benzene rings is 1. The Labute approximate surface area is 68.0 Å². The number of ether oxygens (including phenoxy) is 1. The molecule has 0 heterocycles. The van der Waals surface area contributed by atoms with Crippen LogP contribution in [-0.4, -0.2) is 6.61 Å².